The lowest BCUT2D eigenvalue weighted by atomic mass is 9.75. The molecule has 2 aromatic carbocycles. The Labute approximate surface area is 223 Å². The number of likely N-dealkylation sites (tertiary alicyclic amines) is 1. The van der Waals surface area contributed by atoms with E-state index in [9.17, 15) is 9.59 Å². The number of carbonyl (C=O) groups excluding carboxylic acids is 2. The maximum Gasteiger partial charge on any atom is 0.289 e. The Hall–Kier alpha value is -3.52. The van der Waals surface area contributed by atoms with Crippen molar-refractivity contribution >= 4 is 22.8 Å². The summed E-state index contributed by atoms with van der Waals surface area (Å²) in [6.07, 6.45) is 4.60. The van der Waals surface area contributed by atoms with Crippen molar-refractivity contribution in [2.45, 2.75) is 39.0 Å². The minimum atomic E-state index is -0.158. The Morgan fingerprint density at radius 1 is 1.05 bits per heavy atom. The molecule has 2 aliphatic heterocycles. The Morgan fingerprint density at radius 2 is 1.87 bits per heavy atom. The van der Waals surface area contributed by atoms with Crippen molar-refractivity contribution in [2.24, 2.45) is 5.41 Å². The smallest absolute Gasteiger partial charge is 0.289 e. The Balaban J connectivity index is 1.31. The number of nitrogens with zero attached hydrogens (tertiary/aromatic N) is 1. The lowest BCUT2D eigenvalue weighted by Gasteiger charge is -2.41. The molecular formula is C30H36N2O6. The molecule has 2 aliphatic rings. The van der Waals surface area contributed by atoms with Gasteiger partial charge < -0.3 is 28.8 Å². The van der Waals surface area contributed by atoms with Crippen molar-refractivity contribution in [3.8, 4) is 11.5 Å². The molecule has 0 aliphatic carbocycles. The Morgan fingerprint density at radius 3 is 2.68 bits per heavy atom. The number of hydrogen-bond donors (Lipinski definition) is 1. The van der Waals surface area contributed by atoms with Crippen LogP contribution in [0.5, 0.6) is 11.5 Å². The summed E-state index contributed by atoms with van der Waals surface area (Å²) in [7, 11) is 1.63. The minimum Gasteiger partial charge on any atom is -0.497 e. The molecule has 202 valence electrons. The highest BCUT2D eigenvalue weighted by atomic mass is 16.5. The highest BCUT2D eigenvalue weighted by molar-refractivity contribution is 5.99. The third kappa shape index (κ3) is 5.50. The third-order valence-electron chi connectivity index (χ3n) is 7.89. The lowest BCUT2D eigenvalue weighted by Crippen LogP contribution is -2.45. The second kappa shape index (κ2) is 11.5. The second-order valence-electron chi connectivity index (χ2n) is 10.3. The van der Waals surface area contributed by atoms with Gasteiger partial charge in [0.2, 0.25) is 0 Å². The summed E-state index contributed by atoms with van der Waals surface area (Å²) in [5.74, 6) is 1.48. The van der Waals surface area contributed by atoms with Crippen molar-refractivity contribution in [3.05, 3.63) is 59.4 Å². The zero-order valence-electron chi connectivity index (χ0n) is 22.2. The van der Waals surface area contributed by atoms with Gasteiger partial charge in [0, 0.05) is 42.6 Å². The van der Waals surface area contributed by atoms with E-state index in [4.69, 9.17) is 18.6 Å². The van der Waals surface area contributed by atoms with Crippen LogP contribution in [-0.4, -0.2) is 63.3 Å². The van der Waals surface area contributed by atoms with Crippen LogP contribution in [0.1, 0.15) is 58.6 Å². The fraction of sp³-hybridized carbons (Fsp3) is 0.467. The van der Waals surface area contributed by atoms with Crippen LogP contribution >= 0.6 is 0 Å². The molecule has 0 radical (unpaired) electrons. The molecule has 1 spiro atoms. The van der Waals surface area contributed by atoms with E-state index < -0.39 is 0 Å². The quantitative estimate of drug-likeness (QED) is 0.513. The van der Waals surface area contributed by atoms with Gasteiger partial charge in [-0.05, 0) is 62.9 Å². The van der Waals surface area contributed by atoms with Crippen molar-refractivity contribution < 1.29 is 28.2 Å². The summed E-state index contributed by atoms with van der Waals surface area (Å²) in [6.45, 7) is 5.31. The number of carbonyl (C=O) groups is 2. The number of piperidine rings is 1. The van der Waals surface area contributed by atoms with Crippen LogP contribution in [0.3, 0.4) is 0 Å². The molecule has 0 saturated carbocycles. The van der Waals surface area contributed by atoms with E-state index in [1.54, 1.807) is 13.2 Å². The number of methoxy groups -OCH3 is 1. The van der Waals surface area contributed by atoms with Crippen molar-refractivity contribution in [2.75, 3.05) is 46.6 Å². The summed E-state index contributed by atoms with van der Waals surface area (Å²) in [6, 6.07) is 13.0. The molecule has 8 nitrogen and oxygen atoms in total. The number of ether oxygens (including phenoxy) is 3. The maximum absolute atomic E-state index is 13.5. The summed E-state index contributed by atoms with van der Waals surface area (Å²) in [4.78, 5) is 28.1. The first kappa shape index (κ1) is 26.1. The average molecular weight is 521 g/mol. The zero-order chi connectivity index (χ0) is 26.5. The normalized spacial score (nSPS) is 18.8. The third-order valence-corrected chi connectivity index (χ3v) is 7.89. The lowest BCUT2D eigenvalue weighted by molar-refractivity contribution is 0.0324. The van der Waals surface area contributed by atoms with Gasteiger partial charge in [0.25, 0.3) is 11.8 Å². The molecule has 8 heteroatoms. The number of para-hydroxylation sites is 1. The molecule has 1 aromatic heterocycles. The molecule has 2 amide bonds. The molecule has 0 unspecified atom stereocenters. The van der Waals surface area contributed by atoms with Gasteiger partial charge >= 0.3 is 0 Å². The van der Waals surface area contributed by atoms with Gasteiger partial charge in [-0.1, -0.05) is 18.6 Å². The van der Waals surface area contributed by atoms with Crippen LogP contribution in [0, 0.1) is 12.3 Å². The van der Waals surface area contributed by atoms with Gasteiger partial charge in [-0.25, -0.2) is 0 Å². The number of benzene rings is 2. The van der Waals surface area contributed by atoms with Crippen LogP contribution in [0.25, 0.3) is 11.0 Å². The first-order valence-corrected chi connectivity index (χ1v) is 13.4. The van der Waals surface area contributed by atoms with Gasteiger partial charge in [0.15, 0.2) is 5.76 Å². The Kier molecular flexibility index (Phi) is 7.88. The predicted molar refractivity (Wildman–Crippen MR) is 144 cm³/mol. The van der Waals surface area contributed by atoms with Crippen LogP contribution in [0.4, 0.5) is 0 Å². The molecule has 1 fully saturated rings. The number of amides is 2. The van der Waals surface area contributed by atoms with Crippen molar-refractivity contribution in [3.63, 3.8) is 0 Å². The van der Waals surface area contributed by atoms with Gasteiger partial charge in [0.05, 0.1) is 25.9 Å². The second-order valence-corrected chi connectivity index (χ2v) is 10.3. The molecule has 1 saturated heterocycles. The van der Waals surface area contributed by atoms with Gasteiger partial charge in [0.1, 0.15) is 17.1 Å². The first-order valence-electron chi connectivity index (χ1n) is 13.4. The SMILES string of the molecule is COc1ccc2oc(C(=O)N3CCC4(CCCCOCCNC(=O)c5ccccc5OC4)CC3)c(C)c2c1. The molecule has 3 aromatic rings. The van der Waals surface area contributed by atoms with Crippen LogP contribution < -0.4 is 14.8 Å². The number of aryl methyl sites for hydroxylation is 1. The number of furan rings is 1. The van der Waals surface area contributed by atoms with Crippen LogP contribution in [0.15, 0.2) is 46.9 Å². The summed E-state index contributed by atoms with van der Waals surface area (Å²) < 4.78 is 23.4. The van der Waals surface area contributed by atoms with Crippen LogP contribution in [-0.2, 0) is 4.74 Å². The number of hydrogen-bond acceptors (Lipinski definition) is 6. The molecule has 3 heterocycles. The van der Waals surface area contributed by atoms with Crippen LogP contribution in [0.2, 0.25) is 0 Å². The minimum absolute atomic E-state index is 0.0789. The highest BCUT2D eigenvalue weighted by Gasteiger charge is 2.38. The molecule has 1 N–H and O–H groups in total. The monoisotopic (exact) mass is 520 g/mol. The van der Waals surface area contributed by atoms with Crippen molar-refractivity contribution in [1.82, 2.24) is 10.2 Å². The van der Waals surface area contributed by atoms with E-state index in [1.165, 1.54) is 0 Å². The van der Waals surface area contributed by atoms with E-state index in [1.807, 2.05) is 48.2 Å². The van der Waals surface area contributed by atoms with Gasteiger partial charge in [-0.2, -0.15) is 0 Å². The summed E-state index contributed by atoms with van der Waals surface area (Å²) in [5.41, 5.74) is 1.97. The summed E-state index contributed by atoms with van der Waals surface area (Å²) in [5, 5.41) is 3.81. The number of fused-ring (bicyclic) bond motifs is 2. The van der Waals surface area contributed by atoms with Gasteiger partial charge in [-0.3, -0.25) is 9.59 Å². The van der Waals surface area contributed by atoms with E-state index in [-0.39, 0.29) is 17.2 Å². The number of rotatable bonds is 2. The van der Waals surface area contributed by atoms with Crippen molar-refractivity contribution in [1.29, 1.82) is 0 Å². The molecule has 5 rings (SSSR count). The predicted octanol–water partition coefficient (Wildman–Crippen LogP) is 4.98. The fourth-order valence-electron chi connectivity index (χ4n) is 5.47. The number of nitrogens with one attached hydrogen (secondary N) is 1. The molecule has 38 heavy (non-hydrogen) atoms. The molecule has 0 atom stereocenters. The largest absolute Gasteiger partial charge is 0.497 e. The topological polar surface area (TPSA) is 90.2 Å². The van der Waals surface area contributed by atoms with E-state index in [0.29, 0.717) is 62.1 Å². The van der Waals surface area contributed by atoms with E-state index in [2.05, 4.69) is 5.32 Å². The Bertz CT molecular complexity index is 1290. The molecule has 0 bridgehead atoms. The first-order chi connectivity index (χ1) is 18.5. The van der Waals surface area contributed by atoms with Gasteiger partial charge in [-0.15, -0.1) is 0 Å². The molecular weight excluding hydrogens is 484 g/mol. The van der Waals surface area contributed by atoms with E-state index >= 15 is 0 Å². The standard InChI is InChI=1S/C30H36N2O6/c1-21-24-19-22(35-2)9-10-26(24)38-27(21)29(34)32-15-12-30(13-16-32)11-5-6-17-36-18-14-31-28(33)23-7-3-4-8-25(23)37-20-30/h3-4,7-10,19H,5-6,11-18,20H2,1-2H3,(H,31,33). The fourth-order valence-corrected chi connectivity index (χ4v) is 5.47. The average Bonchev–Trinajstić information content (AvgIpc) is 3.28. The van der Waals surface area contributed by atoms with E-state index in [0.717, 1.165) is 48.8 Å². The zero-order valence-corrected chi connectivity index (χ0v) is 22.2. The summed E-state index contributed by atoms with van der Waals surface area (Å²) >= 11 is 0. The highest BCUT2D eigenvalue weighted by Crippen LogP contribution is 2.39. The maximum atomic E-state index is 13.5.